The zero-order valence-corrected chi connectivity index (χ0v) is 23.1. The molecule has 0 fully saturated rings. The summed E-state index contributed by atoms with van der Waals surface area (Å²) in [6.45, 7) is 4.34. The maximum absolute atomic E-state index is 13.9. The van der Waals surface area contributed by atoms with E-state index in [9.17, 15) is 29.5 Å². The number of para-hydroxylation sites is 1. The largest absolute Gasteiger partial charge is 0.508 e. The van der Waals surface area contributed by atoms with E-state index in [1.807, 2.05) is 36.4 Å². The van der Waals surface area contributed by atoms with Crippen LogP contribution >= 0.6 is 0 Å². The van der Waals surface area contributed by atoms with Crippen molar-refractivity contribution in [2.75, 3.05) is 11.9 Å². The number of aromatic hydroxyl groups is 1. The monoisotopic (exact) mass is 559 g/mol. The summed E-state index contributed by atoms with van der Waals surface area (Å²) in [5, 5.41) is 27.3. The van der Waals surface area contributed by atoms with E-state index in [0.717, 1.165) is 15.7 Å². The van der Waals surface area contributed by atoms with Gasteiger partial charge < -0.3 is 31.1 Å². The Morgan fingerprint density at radius 3 is 2.32 bits per heavy atom. The number of rotatable bonds is 10. The first kappa shape index (κ1) is 30.4. The van der Waals surface area contributed by atoms with Crippen molar-refractivity contribution < 1.29 is 29.0 Å². The summed E-state index contributed by atoms with van der Waals surface area (Å²) >= 11 is 0. The summed E-state index contributed by atoms with van der Waals surface area (Å²) in [7, 11) is 0. The Morgan fingerprint density at radius 2 is 1.68 bits per heavy atom. The molecule has 0 aliphatic heterocycles. The molecule has 0 aliphatic rings. The predicted molar refractivity (Wildman–Crippen MR) is 152 cm³/mol. The first-order valence-corrected chi connectivity index (χ1v) is 12.9. The van der Waals surface area contributed by atoms with Crippen molar-refractivity contribution in [2.24, 2.45) is 5.73 Å². The molecule has 0 bridgehead atoms. The molecule has 11 nitrogen and oxygen atoms in total. The van der Waals surface area contributed by atoms with Gasteiger partial charge in [-0.2, -0.15) is 5.26 Å². The predicted octanol–water partition coefficient (Wildman–Crippen LogP) is 3.74. The van der Waals surface area contributed by atoms with Gasteiger partial charge >= 0.3 is 6.09 Å². The molecule has 0 aromatic heterocycles. The number of phenols is 1. The number of ether oxygens (including phenoxy) is 1. The lowest BCUT2D eigenvalue weighted by molar-refractivity contribution is -0.140. The average Bonchev–Trinajstić information content (AvgIpc) is 2.90. The highest BCUT2D eigenvalue weighted by atomic mass is 16.6. The second-order valence-electron chi connectivity index (χ2n) is 10.3. The number of phenolic OH excluding ortho intramolecular Hbond substituents is 1. The molecule has 0 saturated heterocycles. The van der Waals surface area contributed by atoms with Crippen LogP contribution in [0.3, 0.4) is 0 Å². The molecule has 4 amide bonds. The number of primary amides is 1. The standard InChI is InChI=1S/C30H33N5O6/c1-30(2,3)41-29(40)34-23(14-15-25(32)37)28(39)35(17-16-31)26(22-10-6-7-11-24(22)36)27(38)33-21-13-12-19-8-4-5-9-20(19)18-21/h4-13,18,23,26,36H,14-15,17H2,1-3H3,(H2,32,37)(H,33,38)(H,34,40). The van der Waals surface area contributed by atoms with Gasteiger partial charge in [-0.25, -0.2) is 4.79 Å². The molecule has 3 rings (SSSR count). The number of alkyl carbamates (subject to hydrolysis) is 1. The van der Waals surface area contributed by atoms with E-state index >= 15 is 0 Å². The van der Waals surface area contributed by atoms with E-state index in [4.69, 9.17) is 10.5 Å². The van der Waals surface area contributed by atoms with Gasteiger partial charge in [-0.3, -0.25) is 14.4 Å². The lowest BCUT2D eigenvalue weighted by Crippen LogP contribution is -2.52. The molecule has 0 aliphatic carbocycles. The zero-order chi connectivity index (χ0) is 30.2. The van der Waals surface area contributed by atoms with E-state index < -0.39 is 48.0 Å². The van der Waals surface area contributed by atoms with E-state index in [2.05, 4.69) is 10.6 Å². The van der Waals surface area contributed by atoms with Crippen molar-refractivity contribution in [3.8, 4) is 11.8 Å². The molecule has 214 valence electrons. The molecule has 0 radical (unpaired) electrons. The van der Waals surface area contributed by atoms with Crippen molar-refractivity contribution in [2.45, 2.75) is 51.3 Å². The summed E-state index contributed by atoms with van der Waals surface area (Å²) in [5.41, 5.74) is 4.89. The van der Waals surface area contributed by atoms with Crippen LogP contribution < -0.4 is 16.4 Å². The number of carbonyl (C=O) groups excluding carboxylic acids is 4. The fourth-order valence-corrected chi connectivity index (χ4v) is 4.21. The van der Waals surface area contributed by atoms with Crippen molar-refractivity contribution in [3.63, 3.8) is 0 Å². The smallest absolute Gasteiger partial charge is 0.408 e. The first-order chi connectivity index (χ1) is 19.4. The molecular formula is C30H33N5O6. The van der Waals surface area contributed by atoms with Crippen LogP contribution in [-0.2, 0) is 19.1 Å². The fourth-order valence-electron chi connectivity index (χ4n) is 4.21. The van der Waals surface area contributed by atoms with Gasteiger partial charge in [-0.05, 0) is 56.2 Å². The number of hydrogen-bond donors (Lipinski definition) is 4. The third-order valence-electron chi connectivity index (χ3n) is 6.00. The Kier molecular flexibility index (Phi) is 9.87. The van der Waals surface area contributed by atoms with Crippen molar-refractivity contribution in [1.29, 1.82) is 5.26 Å². The van der Waals surface area contributed by atoms with Gasteiger partial charge in [0.25, 0.3) is 5.91 Å². The summed E-state index contributed by atoms with van der Waals surface area (Å²) in [6.07, 6.45) is -1.41. The Balaban J connectivity index is 2.02. The summed E-state index contributed by atoms with van der Waals surface area (Å²) in [5.74, 6) is -2.56. The van der Waals surface area contributed by atoms with Crippen LogP contribution in [0.4, 0.5) is 10.5 Å². The van der Waals surface area contributed by atoms with Crippen LogP contribution in [0.2, 0.25) is 0 Å². The minimum Gasteiger partial charge on any atom is -0.508 e. The van der Waals surface area contributed by atoms with Crippen LogP contribution in [0, 0.1) is 11.3 Å². The zero-order valence-electron chi connectivity index (χ0n) is 23.1. The molecule has 3 aromatic carbocycles. The minimum atomic E-state index is -1.48. The Bertz CT molecular complexity index is 1480. The third kappa shape index (κ3) is 8.44. The summed E-state index contributed by atoms with van der Waals surface area (Å²) in [4.78, 5) is 52.8. The number of nitrogens with zero attached hydrogens (tertiary/aromatic N) is 2. The number of amides is 4. The van der Waals surface area contributed by atoms with Gasteiger partial charge in [0.05, 0.1) is 6.07 Å². The van der Waals surface area contributed by atoms with Crippen LogP contribution in [-0.4, -0.2) is 52.0 Å². The highest BCUT2D eigenvalue weighted by Gasteiger charge is 2.37. The first-order valence-electron chi connectivity index (χ1n) is 12.9. The number of carbonyl (C=O) groups is 4. The molecule has 0 heterocycles. The Morgan fingerprint density at radius 1 is 1.02 bits per heavy atom. The summed E-state index contributed by atoms with van der Waals surface area (Å²) in [6, 6.07) is 17.8. The number of nitrogens with two attached hydrogens (primary N) is 1. The number of fused-ring (bicyclic) bond motifs is 1. The van der Waals surface area contributed by atoms with Gasteiger partial charge in [0.2, 0.25) is 11.8 Å². The molecular weight excluding hydrogens is 526 g/mol. The number of nitrogens with one attached hydrogen (secondary N) is 2. The average molecular weight is 560 g/mol. The third-order valence-corrected chi connectivity index (χ3v) is 6.00. The summed E-state index contributed by atoms with van der Waals surface area (Å²) < 4.78 is 5.27. The SMILES string of the molecule is CC(C)(C)OC(=O)NC(CCC(N)=O)C(=O)N(CC#N)C(C(=O)Nc1ccc2ccccc2c1)c1ccccc1O. The minimum absolute atomic E-state index is 0.0558. The van der Waals surface area contributed by atoms with Crippen molar-refractivity contribution in [3.05, 3.63) is 72.3 Å². The molecule has 41 heavy (non-hydrogen) atoms. The molecule has 5 N–H and O–H groups in total. The lowest BCUT2D eigenvalue weighted by Gasteiger charge is -2.33. The van der Waals surface area contributed by atoms with Gasteiger partial charge in [0, 0.05) is 17.7 Å². The highest BCUT2D eigenvalue weighted by molar-refractivity contribution is 6.01. The van der Waals surface area contributed by atoms with Crippen LogP contribution in [0.5, 0.6) is 5.75 Å². The number of hydrogen-bond acceptors (Lipinski definition) is 7. The molecule has 2 atom stereocenters. The van der Waals surface area contributed by atoms with Gasteiger partial charge in [0.1, 0.15) is 30.0 Å². The van der Waals surface area contributed by atoms with E-state index in [0.29, 0.717) is 5.69 Å². The second kappa shape index (κ2) is 13.3. The topological polar surface area (TPSA) is 175 Å². The van der Waals surface area contributed by atoms with Gasteiger partial charge in [0.15, 0.2) is 0 Å². The lowest BCUT2D eigenvalue weighted by atomic mass is 10.0. The van der Waals surface area contributed by atoms with Crippen molar-refractivity contribution in [1.82, 2.24) is 10.2 Å². The maximum atomic E-state index is 13.9. The Hall–Kier alpha value is -5.11. The fraction of sp³-hybridized carbons (Fsp3) is 0.300. The maximum Gasteiger partial charge on any atom is 0.408 e. The molecule has 11 heteroatoms. The van der Waals surface area contributed by atoms with Crippen LogP contribution in [0.1, 0.15) is 45.2 Å². The number of nitriles is 1. The molecule has 3 aromatic rings. The Labute approximate surface area is 237 Å². The van der Waals surface area contributed by atoms with E-state index in [1.54, 1.807) is 45.0 Å². The molecule has 2 unspecified atom stereocenters. The highest BCUT2D eigenvalue weighted by Crippen LogP contribution is 2.31. The van der Waals surface area contributed by atoms with Crippen LogP contribution in [0.15, 0.2) is 66.7 Å². The van der Waals surface area contributed by atoms with Crippen LogP contribution in [0.25, 0.3) is 10.8 Å². The second-order valence-corrected chi connectivity index (χ2v) is 10.3. The van der Waals surface area contributed by atoms with E-state index in [1.165, 1.54) is 12.1 Å². The normalized spacial score (nSPS) is 12.4. The molecule has 0 spiro atoms. The quantitative estimate of drug-likeness (QED) is 0.274. The molecule has 0 saturated carbocycles. The van der Waals surface area contributed by atoms with Crippen molar-refractivity contribution >= 4 is 40.3 Å². The van der Waals surface area contributed by atoms with E-state index in [-0.39, 0.29) is 24.2 Å². The number of anilines is 1. The van der Waals surface area contributed by atoms with Gasteiger partial charge in [-0.1, -0.05) is 48.5 Å². The van der Waals surface area contributed by atoms with Gasteiger partial charge in [-0.15, -0.1) is 0 Å². The number of benzene rings is 3.